The first-order valence-electron chi connectivity index (χ1n) is 9.70. The predicted molar refractivity (Wildman–Crippen MR) is 102 cm³/mol. The van der Waals surface area contributed by atoms with Gasteiger partial charge in [0.15, 0.2) is 0 Å². The van der Waals surface area contributed by atoms with Crippen molar-refractivity contribution in [3.63, 3.8) is 0 Å². The third kappa shape index (κ3) is 19.8. The van der Waals surface area contributed by atoms with Crippen molar-refractivity contribution in [2.45, 2.75) is 66.9 Å². The van der Waals surface area contributed by atoms with Crippen molar-refractivity contribution in [3.05, 3.63) is 0 Å². The molecule has 4 heteroatoms. The molecule has 23 heavy (non-hydrogen) atoms. The van der Waals surface area contributed by atoms with Gasteiger partial charge in [0.25, 0.3) is 0 Å². The van der Waals surface area contributed by atoms with Crippen LogP contribution in [0, 0.1) is 0 Å². The van der Waals surface area contributed by atoms with E-state index >= 15 is 0 Å². The van der Waals surface area contributed by atoms with Gasteiger partial charge in [-0.3, -0.25) is 0 Å². The fourth-order valence-corrected chi connectivity index (χ4v) is 2.12. The van der Waals surface area contributed by atoms with E-state index < -0.39 is 0 Å². The Hall–Kier alpha value is -0.160. The Kier molecular flexibility index (Phi) is 21.7. The first kappa shape index (κ1) is 25.1. The number of likely N-dealkylation sites (N-methyl/N-ethyl adjacent to an activating group) is 1. The zero-order valence-electron chi connectivity index (χ0n) is 17.1. The van der Waals surface area contributed by atoms with E-state index in [4.69, 9.17) is 9.47 Å². The van der Waals surface area contributed by atoms with Gasteiger partial charge >= 0.3 is 0 Å². The minimum atomic E-state index is 0.384. The predicted octanol–water partition coefficient (Wildman–Crippen LogP) is 3.90. The lowest BCUT2D eigenvalue weighted by atomic mass is 10.1. The molecule has 4 nitrogen and oxygen atoms in total. The summed E-state index contributed by atoms with van der Waals surface area (Å²) in [6.07, 6.45) is 4.56. The summed E-state index contributed by atoms with van der Waals surface area (Å²) in [5, 5.41) is 0. The third-order valence-electron chi connectivity index (χ3n) is 3.67. The molecule has 1 rings (SSSR count). The average molecular weight is 333 g/mol. The second-order valence-electron chi connectivity index (χ2n) is 5.91. The standard InChI is InChI=1S/C10H21NO.C7H17NO.C2H6/c1-10(2)12-9-8-11-6-4-3-5-7-11;1-4-8(3)6-7-9-5-2;1-2/h10H,3-9H2,1-2H3;4-7H2,1-3H3;1-2H3. The lowest BCUT2D eigenvalue weighted by Crippen LogP contribution is -2.33. The number of piperidine rings is 1. The maximum absolute atomic E-state index is 5.50. The number of hydrogen-bond donors (Lipinski definition) is 0. The number of nitrogens with zero attached hydrogens (tertiary/aromatic N) is 2. The highest BCUT2D eigenvalue weighted by atomic mass is 16.5. The maximum atomic E-state index is 5.50. The fraction of sp³-hybridized carbons (Fsp3) is 1.00. The molecule has 1 fully saturated rings. The van der Waals surface area contributed by atoms with Crippen molar-refractivity contribution in [2.24, 2.45) is 0 Å². The van der Waals surface area contributed by atoms with Crippen LogP contribution in [0.15, 0.2) is 0 Å². The van der Waals surface area contributed by atoms with E-state index in [1.54, 1.807) is 0 Å². The summed E-state index contributed by atoms with van der Waals surface area (Å²) in [5.41, 5.74) is 0. The molecule has 0 aromatic heterocycles. The van der Waals surface area contributed by atoms with Crippen LogP contribution in [-0.2, 0) is 9.47 Å². The van der Waals surface area contributed by atoms with Crippen molar-refractivity contribution in [1.82, 2.24) is 9.80 Å². The Morgan fingerprint density at radius 3 is 2.09 bits per heavy atom. The van der Waals surface area contributed by atoms with Crippen LogP contribution in [-0.4, -0.2) is 75.5 Å². The quantitative estimate of drug-likeness (QED) is 0.598. The molecule has 142 valence electrons. The van der Waals surface area contributed by atoms with E-state index in [0.717, 1.165) is 39.5 Å². The molecule has 0 radical (unpaired) electrons. The van der Waals surface area contributed by atoms with Crippen LogP contribution in [0.5, 0.6) is 0 Å². The highest BCUT2D eigenvalue weighted by molar-refractivity contribution is 4.63. The number of likely N-dealkylation sites (tertiary alicyclic amines) is 1. The van der Waals surface area contributed by atoms with E-state index in [-0.39, 0.29) is 0 Å². The summed E-state index contributed by atoms with van der Waals surface area (Å²) < 4.78 is 10.7. The Morgan fingerprint density at radius 1 is 1.00 bits per heavy atom. The normalized spacial score (nSPS) is 15.0. The van der Waals surface area contributed by atoms with Gasteiger partial charge in [-0.2, -0.15) is 0 Å². The van der Waals surface area contributed by atoms with Crippen molar-refractivity contribution in [1.29, 1.82) is 0 Å². The number of rotatable bonds is 9. The Morgan fingerprint density at radius 2 is 1.61 bits per heavy atom. The van der Waals surface area contributed by atoms with Crippen LogP contribution in [0.3, 0.4) is 0 Å². The molecule has 0 atom stereocenters. The summed E-state index contributed by atoms with van der Waals surface area (Å²) in [6.45, 7) is 20.8. The summed E-state index contributed by atoms with van der Waals surface area (Å²) >= 11 is 0. The lowest BCUT2D eigenvalue weighted by molar-refractivity contribution is 0.0551. The monoisotopic (exact) mass is 332 g/mol. The largest absolute Gasteiger partial charge is 0.380 e. The molecule has 0 saturated carbocycles. The summed E-state index contributed by atoms with van der Waals surface area (Å²) in [4.78, 5) is 4.74. The van der Waals surface area contributed by atoms with Gasteiger partial charge in [-0.1, -0.05) is 27.2 Å². The minimum Gasteiger partial charge on any atom is -0.380 e. The van der Waals surface area contributed by atoms with Gasteiger partial charge in [0.2, 0.25) is 0 Å². The molecule has 0 aromatic rings. The van der Waals surface area contributed by atoms with E-state index in [1.807, 2.05) is 20.8 Å². The Balaban J connectivity index is 0. The third-order valence-corrected chi connectivity index (χ3v) is 3.67. The highest BCUT2D eigenvalue weighted by Crippen LogP contribution is 2.07. The van der Waals surface area contributed by atoms with Gasteiger partial charge in [0.05, 0.1) is 19.3 Å². The van der Waals surface area contributed by atoms with Crippen LogP contribution in [0.2, 0.25) is 0 Å². The molecular weight excluding hydrogens is 288 g/mol. The molecule has 0 spiro atoms. The van der Waals surface area contributed by atoms with Gasteiger partial charge in [-0.15, -0.1) is 0 Å². The lowest BCUT2D eigenvalue weighted by Gasteiger charge is -2.26. The summed E-state index contributed by atoms with van der Waals surface area (Å²) in [6, 6.07) is 0. The summed E-state index contributed by atoms with van der Waals surface area (Å²) in [5.74, 6) is 0. The SMILES string of the molecule is CC.CC(C)OCCN1CCCCC1.CCOCCN(C)CC. The van der Waals surface area contributed by atoms with E-state index in [9.17, 15) is 0 Å². The molecule has 0 aliphatic carbocycles. The van der Waals surface area contributed by atoms with Gasteiger partial charge in [-0.05, 0) is 60.3 Å². The van der Waals surface area contributed by atoms with E-state index in [2.05, 4.69) is 37.6 Å². The van der Waals surface area contributed by atoms with Gasteiger partial charge in [0, 0.05) is 19.7 Å². The van der Waals surface area contributed by atoms with E-state index in [0.29, 0.717) is 6.10 Å². The Bertz CT molecular complexity index is 208. The molecule has 1 aliphatic heterocycles. The smallest absolute Gasteiger partial charge is 0.0596 e. The summed E-state index contributed by atoms with van der Waals surface area (Å²) in [7, 11) is 2.10. The van der Waals surface area contributed by atoms with Crippen LogP contribution >= 0.6 is 0 Å². The van der Waals surface area contributed by atoms with Crippen molar-refractivity contribution in [3.8, 4) is 0 Å². The molecule has 0 amide bonds. The minimum absolute atomic E-state index is 0.384. The molecule has 1 aliphatic rings. The fourth-order valence-electron chi connectivity index (χ4n) is 2.12. The number of hydrogen-bond acceptors (Lipinski definition) is 4. The van der Waals surface area contributed by atoms with Crippen molar-refractivity contribution in [2.75, 3.05) is 59.6 Å². The van der Waals surface area contributed by atoms with Crippen LogP contribution in [0.4, 0.5) is 0 Å². The first-order valence-corrected chi connectivity index (χ1v) is 9.70. The van der Waals surface area contributed by atoms with Crippen LogP contribution < -0.4 is 0 Å². The van der Waals surface area contributed by atoms with Gasteiger partial charge in [0.1, 0.15) is 0 Å². The van der Waals surface area contributed by atoms with Gasteiger partial charge < -0.3 is 19.3 Å². The molecule has 0 unspecified atom stereocenters. The van der Waals surface area contributed by atoms with Gasteiger partial charge in [-0.25, -0.2) is 0 Å². The zero-order chi connectivity index (χ0) is 17.9. The van der Waals surface area contributed by atoms with Crippen molar-refractivity contribution >= 4 is 0 Å². The highest BCUT2D eigenvalue weighted by Gasteiger charge is 2.09. The van der Waals surface area contributed by atoms with Crippen LogP contribution in [0.25, 0.3) is 0 Å². The molecule has 0 N–H and O–H groups in total. The Labute approximate surface area is 146 Å². The second kappa shape index (κ2) is 19.9. The van der Waals surface area contributed by atoms with Crippen LogP contribution in [0.1, 0.15) is 60.8 Å². The topological polar surface area (TPSA) is 24.9 Å². The molecule has 0 aromatic carbocycles. The van der Waals surface area contributed by atoms with Crippen molar-refractivity contribution < 1.29 is 9.47 Å². The maximum Gasteiger partial charge on any atom is 0.0596 e. The number of ether oxygens (including phenoxy) is 2. The molecular formula is C19H44N2O2. The molecule has 1 saturated heterocycles. The van der Waals surface area contributed by atoms with E-state index in [1.165, 1.54) is 32.4 Å². The molecule has 0 bridgehead atoms. The average Bonchev–Trinajstić information content (AvgIpc) is 2.58. The first-order chi connectivity index (χ1) is 11.1. The molecule has 1 heterocycles. The second-order valence-corrected chi connectivity index (χ2v) is 5.91. The zero-order valence-corrected chi connectivity index (χ0v) is 17.1.